The molecular formula is C22H26N4O3S. The highest BCUT2D eigenvalue weighted by molar-refractivity contribution is 7.99. The number of amides is 1. The monoisotopic (exact) mass is 426 g/mol. The Kier molecular flexibility index (Phi) is 7.48. The number of carbonyl (C=O) groups excluding carboxylic acids is 1. The van der Waals surface area contributed by atoms with Crippen LogP contribution in [0.2, 0.25) is 0 Å². The Hall–Kier alpha value is -2.84. The van der Waals surface area contributed by atoms with E-state index in [4.69, 9.17) is 4.42 Å². The van der Waals surface area contributed by atoms with Gasteiger partial charge < -0.3 is 19.7 Å². The normalized spacial score (nSPS) is 12.1. The van der Waals surface area contributed by atoms with Crippen molar-refractivity contribution in [3.8, 4) is 17.2 Å². The molecule has 1 heterocycles. The molecule has 0 aliphatic rings. The summed E-state index contributed by atoms with van der Waals surface area (Å²) in [7, 11) is 3.92. The first-order valence-corrected chi connectivity index (χ1v) is 10.8. The first-order chi connectivity index (χ1) is 14.5. The first kappa shape index (κ1) is 21.9. The minimum Gasteiger partial charge on any atom is -0.508 e. The summed E-state index contributed by atoms with van der Waals surface area (Å²) in [5, 5.41) is 21.3. The fraction of sp³-hybridized carbons (Fsp3) is 0.318. The molecule has 0 saturated heterocycles. The van der Waals surface area contributed by atoms with Gasteiger partial charge >= 0.3 is 0 Å². The van der Waals surface area contributed by atoms with E-state index in [9.17, 15) is 9.90 Å². The summed E-state index contributed by atoms with van der Waals surface area (Å²) >= 11 is 1.60. The maximum atomic E-state index is 12.4. The second-order valence-electron chi connectivity index (χ2n) is 6.98. The number of nitrogens with zero attached hydrogens (tertiary/aromatic N) is 3. The van der Waals surface area contributed by atoms with Crippen LogP contribution in [0.5, 0.6) is 5.75 Å². The third-order valence-electron chi connectivity index (χ3n) is 4.43. The predicted octanol–water partition coefficient (Wildman–Crippen LogP) is 3.58. The standard InChI is InChI=1S/C22H26N4O3S/c1-4-30-19(17-10-5-6-11-18(17)27)22-25-24-21(29-22)16-9-7-8-15(14-16)20(28)23-12-13-26(2)3/h5-11,14,19,27H,4,12-13H2,1-3H3,(H,23,28). The van der Waals surface area contributed by atoms with Gasteiger partial charge in [0.25, 0.3) is 5.91 Å². The van der Waals surface area contributed by atoms with Gasteiger partial charge in [-0.25, -0.2) is 0 Å². The number of phenolic OH excluding ortho intramolecular Hbond substituents is 1. The van der Waals surface area contributed by atoms with Crippen LogP contribution in [0.1, 0.15) is 34.0 Å². The largest absolute Gasteiger partial charge is 0.508 e. The van der Waals surface area contributed by atoms with Crippen molar-refractivity contribution < 1.29 is 14.3 Å². The average Bonchev–Trinajstić information content (AvgIpc) is 3.22. The maximum Gasteiger partial charge on any atom is 0.251 e. The van der Waals surface area contributed by atoms with E-state index in [1.165, 1.54) is 0 Å². The lowest BCUT2D eigenvalue weighted by atomic mass is 10.1. The van der Waals surface area contributed by atoms with E-state index < -0.39 is 0 Å². The van der Waals surface area contributed by atoms with Crippen molar-refractivity contribution in [2.45, 2.75) is 12.2 Å². The van der Waals surface area contributed by atoms with Crippen molar-refractivity contribution in [2.24, 2.45) is 0 Å². The number of hydrogen-bond donors (Lipinski definition) is 2. The number of hydrogen-bond acceptors (Lipinski definition) is 7. The number of aromatic nitrogens is 2. The van der Waals surface area contributed by atoms with Crippen LogP contribution in [0.3, 0.4) is 0 Å². The Morgan fingerprint density at radius 3 is 2.73 bits per heavy atom. The summed E-state index contributed by atoms with van der Waals surface area (Å²) in [5.74, 6) is 1.62. The van der Waals surface area contributed by atoms with Crippen LogP contribution in [0.4, 0.5) is 0 Å². The van der Waals surface area contributed by atoms with E-state index in [0.29, 0.717) is 29.5 Å². The number of thioether (sulfide) groups is 1. The van der Waals surface area contributed by atoms with E-state index in [2.05, 4.69) is 15.5 Å². The molecule has 2 aromatic carbocycles. The first-order valence-electron chi connectivity index (χ1n) is 9.75. The summed E-state index contributed by atoms with van der Waals surface area (Å²) in [4.78, 5) is 14.4. The molecule has 30 heavy (non-hydrogen) atoms. The van der Waals surface area contributed by atoms with Gasteiger partial charge in [0.05, 0.1) is 0 Å². The fourth-order valence-electron chi connectivity index (χ4n) is 2.92. The van der Waals surface area contributed by atoms with E-state index in [1.54, 1.807) is 42.1 Å². The number of carbonyl (C=O) groups is 1. The van der Waals surface area contributed by atoms with Crippen LogP contribution in [-0.2, 0) is 0 Å². The van der Waals surface area contributed by atoms with Gasteiger partial charge in [0.2, 0.25) is 11.8 Å². The van der Waals surface area contributed by atoms with Crippen molar-refractivity contribution in [3.05, 3.63) is 65.5 Å². The zero-order valence-corrected chi connectivity index (χ0v) is 18.1. The summed E-state index contributed by atoms with van der Waals surface area (Å²) in [6.45, 7) is 3.37. The molecule has 0 bridgehead atoms. The smallest absolute Gasteiger partial charge is 0.251 e. The number of nitrogens with one attached hydrogen (secondary N) is 1. The summed E-state index contributed by atoms with van der Waals surface area (Å²) < 4.78 is 5.95. The molecule has 8 heteroatoms. The Morgan fingerprint density at radius 2 is 2.00 bits per heavy atom. The molecule has 0 fully saturated rings. The van der Waals surface area contributed by atoms with Crippen molar-refractivity contribution in [1.82, 2.24) is 20.4 Å². The predicted molar refractivity (Wildman–Crippen MR) is 119 cm³/mol. The van der Waals surface area contributed by atoms with E-state index >= 15 is 0 Å². The second-order valence-corrected chi connectivity index (χ2v) is 8.36. The van der Waals surface area contributed by atoms with Crippen LogP contribution in [0.15, 0.2) is 52.9 Å². The van der Waals surface area contributed by atoms with Gasteiger partial charge in [-0.15, -0.1) is 22.0 Å². The highest BCUT2D eigenvalue weighted by atomic mass is 32.2. The van der Waals surface area contributed by atoms with Gasteiger partial charge in [0, 0.05) is 29.8 Å². The van der Waals surface area contributed by atoms with Crippen molar-refractivity contribution in [3.63, 3.8) is 0 Å². The lowest BCUT2D eigenvalue weighted by Gasteiger charge is -2.13. The van der Waals surface area contributed by atoms with E-state index in [0.717, 1.165) is 17.9 Å². The zero-order valence-electron chi connectivity index (χ0n) is 17.3. The molecule has 0 spiro atoms. The highest BCUT2D eigenvalue weighted by Crippen LogP contribution is 2.39. The number of phenols is 1. The van der Waals surface area contributed by atoms with Crippen molar-refractivity contribution in [2.75, 3.05) is 32.9 Å². The lowest BCUT2D eigenvalue weighted by molar-refractivity contribution is 0.0951. The number of aromatic hydroxyl groups is 1. The summed E-state index contributed by atoms with van der Waals surface area (Å²) in [6.07, 6.45) is 0. The number of rotatable bonds is 9. The SMILES string of the molecule is CCSC(c1nnc(-c2cccc(C(=O)NCCN(C)C)c2)o1)c1ccccc1O. The molecule has 0 radical (unpaired) electrons. The fourth-order valence-corrected chi connectivity index (χ4v) is 3.87. The van der Waals surface area contributed by atoms with Crippen LogP contribution >= 0.6 is 11.8 Å². The third kappa shape index (κ3) is 5.40. The average molecular weight is 427 g/mol. The molecule has 7 nitrogen and oxygen atoms in total. The quantitative estimate of drug-likeness (QED) is 0.540. The van der Waals surface area contributed by atoms with Crippen LogP contribution in [0, 0.1) is 0 Å². The molecule has 3 rings (SSSR count). The minimum absolute atomic E-state index is 0.146. The zero-order chi connectivity index (χ0) is 21.5. The van der Waals surface area contributed by atoms with Crippen LogP contribution < -0.4 is 5.32 Å². The Labute approximate surface area is 180 Å². The molecule has 2 N–H and O–H groups in total. The van der Waals surface area contributed by atoms with Gasteiger partial charge in [-0.05, 0) is 44.1 Å². The molecule has 1 unspecified atom stereocenters. The molecular weight excluding hydrogens is 400 g/mol. The van der Waals surface area contributed by atoms with Crippen LogP contribution in [0.25, 0.3) is 11.5 Å². The molecule has 0 saturated carbocycles. The van der Waals surface area contributed by atoms with Gasteiger partial charge in [-0.1, -0.05) is 31.2 Å². The third-order valence-corrected chi connectivity index (χ3v) is 5.56. The number of likely N-dealkylation sites (N-methyl/N-ethyl adjacent to an activating group) is 1. The van der Waals surface area contributed by atoms with Gasteiger partial charge in [0.15, 0.2) is 0 Å². The Balaban J connectivity index is 1.81. The summed E-state index contributed by atoms with van der Waals surface area (Å²) in [5.41, 5.74) is 1.94. The van der Waals surface area contributed by atoms with Crippen molar-refractivity contribution >= 4 is 17.7 Å². The summed E-state index contributed by atoms with van der Waals surface area (Å²) in [6, 6.07) is 14.3. The maximum absolute atomic E-state index is 12.4. The number of benzene rings is 2. The Bertz CT molecular complexity index is 990. The van der Waals surface area contributed by atoms with Gasteiger partial charge in [0.1, 0.15) is 11.0 Å². The molecule has 1 amide bonds. The lowest BCUT2D eigenvalue weighted by Crippen LogP contribution is -2.31. The van der Waals surface area contributed by atoms with Gasteiger partial charge in [-0.3, -0.25) is 4.79 Å². The van der Waals surface area contributed by atoms with Gasteiger partial charge in [-0.2, -0.15) is 0 Å². The minimum atomic E-state index is -0.269. The topological polar surface area (TPSA) is 91.5 Å². The molecule has 0 aliphatic heterocycles. The molecule has 158 valence electrons. The van der Waals surface area contributed by atoms with Crippen molar-refractivity contribution in [1.29, 1.82) is 0 Å². The molecule has 1 atom stereocenters. The Morgan fingerprint density at radius 1 is 1.20 bits per heavy atom. The van der Waals surface area contributed by atoms with E-state index in [1.807, 2.05) is 44.1 Å². The molecule has 1 aromatic heterocycles. The highest BCUT2D eigenvalue weighted by Gasteiger charge is 2.24. The second kappa shape index (κ2) is 10.3. The van der Waals surface area contributed by atoms with E-state index in [-0.39, 0.29) is 16.9 Å². The molecule has 0 aliphatic carbocycles. The number of para-hydroxylation sites is 1. The molecule has 3 aromatic rings. The van der Waals surface area contributed by atoms with Crippen LogP contribution in [-0.4, -0.2) is 59.0 Å².